The number of nitrogens with two attached hydrogens (primary N) is 1. The third-order valence-electron chi connectivity index (χ3n) is 5.53. The van der Waals surface area contributed by atoms with E-state index in [0.29, 0.717) is 19.0 Å². The van der Waals surface area contributed by atoms with Crippen molar-refractivity contribution in [3.63, 3.8) is 0 Å². The summed E-state index contributed by atoms with van der Waals surface area (Å²) >= 11 is 0. The summed E-state index contributed by atoms with van der Waals surface area (Å²) in [6, 6.07) is 10.3. The van der Waals surface area contributed by atoms with Gasteiger partial charge in [0.15, 0.2) is 0 Å². The normalized spacial score (nSPS) is 13.0. The Hall–Kier alpha value is -2.53. The fourth-order valence-corrected chi connectivity index (χ4v) is 3.79. The van der Waals surface area contributed by atoms with E-state index in [2.05, 4.69) is 51.9 Å². The van der Waals surface area contributed by atoms with Crippen molar-refractivity contribution in [2.24, 2.45) is 11.8 Å². The number of anilines is 1. The van der Waals surface area contributed by atoms with Crippen molar-refractivity contribution in [3.8, 4) is 0 Å². The van der Waals surface area contributed by atoms with Crippen LogP contribution in [0.5, 0.6) is 0 Å². The molecule has 0 saturated carbocycles. The van der Waals surface area contributed by atoms with Crippen molar-refractivity contribution in [1.29, 1.82) is 0 Å². The largest absolute Gasteiger partial charge is 0.330 e. The summed E-state index contributed by atoms with van der Waals surface area (Å²) in [6.07, 6.45) is 1.94. The van der Waals surface area contributed by atoms with E-state index in [4.69, 9.17) is 5.84 Å². The van der Waals surface area contributed by atoms with Gasteiger partial charge in [-0.15, -0.1) is 0 Å². The number of carbonyl (C=O) groups is 1. The summed E-state index contributed by atoms with van der Waals surface area (Å²) in [4.78, 5) is 15.2. The molecule has 0 aliphatic carbocycles. The quantitative estimate of drug-likeness (QED) is 0.463. The lowest BCUT2D eigenvalue weighted by molar-refractivity contribution is 0.0750. The number of hydrogen-bond acceptors (Lipinski definition) is 3. The third kappa shape index (κ3) is 4.15. The number of aryl methyl sites for hydroxylation is 1. The van der Waals surface area contributed by atoms with Gasteiger partial charge in [0, 0.05) is 24.2 Å². The highest BCUT2D eigenvalue weighted by molar-refractivity contribution is 6.32. The Labute approximate surface area is 169 Å². The van der Waals surface area contributed by atoms with Crippen molar-refractivity contribution in [3.05, 3.63) is 64.7 Å². The van der Waals surface area contributed by atoms with Crippen LogP contribution in [-0.4, -0.2) is 18.7 Å². The Kier molecular flexibility index (Phi) is 5.94. The van der Waals surface area contributed by atoms with E-state index in [1.54, 1.807) is 0 Å². The van der Waals surface area contributed by atoms with Crippen LogP contribution in [0.3, 0.4) is 0 Å². The number of nitrogens with one attached hydrogen (secondary N) is 1. The van der Waals surface area contributed by atoms with Gasteiger partial charge in [0.2, 0.25) is 0 Å². The number of hydrazine groups is 1. The molecule has 28 heavy (non-hydrogen) atoms. The highest BCUT2D eigenvalue weighted by Gasteiger charge is 2.26. The molecule has 0 fully saturated rings. The van der Waals surface area contributed by atoms with Crippen LogP contribution >= 0.6 is 0 Å². The zero-order valence-corrected chi connectivity index (χ0v) is 17.4. The highest BCUT2D eigenvalue weighted by Crippen LogP contribution is 2.31. The Morgan fingerprint density at radius 3 is 2.61 bits per heavy atom. The second-order valence-electron chi connectivity index (χ2n) is 8.33. The molecular formula is C23H30BN3O. The topological polar surface area (TPSA) is 58.4 Å². The average Bonchev–Trinajstić information content (AvgIpc) is 3.08. The summed E-state index contributed by atoms with van der Waals surface area (Å²) < 4.78 is 0. The molecule has 1 amide bonds. The number of nitrogens with zero attached hydrogens (tertiary/aromatic N) is 1. The molecule has 0 aromatic heterocycles. The zero-order valence-electron chi connectivity index (χ0n) is 17.4. The fraction of sp³-hybridized carbons (Fsp3) is 0.348. The summed E-state index contributed by atoms with van der Waals surface area (Å²) in [5.74, 6) is 6.41. The molecule has 4 nitrogen and oxygen atoms in total. The van der Waals surface area contributed by atoms with E-state index >= 15 is 0 Å². The molecule has 0 unspecified atom stereocenters. The van der Waals surface area contributed by atoms with Crippen LogP contribution in [0.4, 0.5) is 5.69 Å². The number of amides is 1. The van der Waals surface area contributed by atoms with Crippen LogP contribution in [0, 0.1) is 12.8 Å². The summed E-state index contributed by atoms with van der Waals surface area (Å²) in [5.41, 5.74) is 10.9. The number of carbonyl (C=O) groups excluding carboxylic acids is 1. The molecule has 2 aromatic rings. The van der Waals surface area contributed by atoms with Gasteiger partial charge in [-0.05, 0) is 60.1 Å². The van der Waals surface area contributed by atoms with Crippen molar-refractivity contribution >= 4 is 30.5 Å². The molecule has 146 valence electrons. The van der Waals surface area contributed by atoms with Gasteiger partial charge in [-0.3, -0.25) is 10.6 Å². The minimum absolute atomic E-state index is 0.0628. The lowest BCUT2D eigenvalue weighted by Gasteiger charge is -2.20. The molecule has 3 N–H and O–H groups in total. The number of allylic oxidation sites excluding steroid dienone is 1. The second-order valence-corrected chi connectivity index (χ2v) is 8.33. The Bertz CT molecular complexity index is 920. The maximum absolute atomic E-state index is 13.3. The van der Waals surface area contributed by atoms with Gasteiger partial charge in [-0.25, -0.2) is 0 Å². The van der Waals surface area contributed by atoms with E-state index in [0.717, 1.165) is 40.8 Å². The molecule has 1 aliphatic heterocycles. The summed E-state index contributed by atoms with van der Waals surface area (Å²) in [7, 11) is 2.09. The first kappa shape index (κ1) is 20.2. The first-order valence-electron chi connectivity index (χ1n) is 9.97. The zero-order chi connectivity index (χ0) is 20.4. The SMILES string of the molecule is Bc1ccc2c(c1)CN(C(=O)c1cc(C(=C)CCC(C)C)c(NN)cc1C)C2. The van der Waals surface area contributed by atoms with Crippen molar-refractivity contribution in [1.82, 2.24) is 4.90 Å². The molecule has 0 spiro atoms. The Balaban J connectivity index is 1.88. The molecule has 0 bridgehead atoms. The molecule has 5 heteroatoms. The van der Waals surface area contributed by atoms with E-state index in [-0.39, 0.29) is 5.91 Å². The number of nitrogen functional groups attached to an aromatic ring is 1. The van der Waals surface area contributed by atoms with Crippen LogP contribution in [0.1, 0.15) is 59.3 Å². The number of benzene rings is 2. The molecule has 3 rings (SSSR count). The number of rotatable bonds is 6. The molecule has 0 radical (unpaired) electrons. The smallest absolute Gasteiger partial charge is 0.254 e. The first-order valence-corrected chi connectivity index (χ1v) is 9.97. The van der Waals surface area contributed by atoms with Crippen molar-refractivity contribution in [2.45, 2.75) is 46.7 Å². The van der Waals surface area contributed by atoms with E-state index < -0.39 is 0 Å². The Morgan fingerprint density at radius 2 is 1.93 bits per heavy atom. The van der Waals surface area contributed by atoms with E-state index in [9.17, 15) is 4.79 Å². The summed E-state index contributed by atoms with van der Waals surface area (Å²) in [6.45, 7) is 11.9. The lowest BCUT2D eigenvalue weighted by Crippen LogP contribution is -2.26. The van der Waals surface area contributed by atoms with E-state index in [1.807, 2.05) is 24.0 Å². The highest BCUT2D eigenvalue weighted by atomic mass is 16.2. The van der Waals surface area contributed by atoms with Gasteiger partial charge in [0.05, 0.1) is 5.69 Å². The van der Waals surface area contributed by atoms with Gasteiger partial charge in [0.25, 0.3) is 5.91 Å². The molecule has 1 heterocycles. The molecule has 0 atom stereocenters. The molecule has 0 saturated heterocycles. The number of fused-ring (bicyclic) bond motifs is 1. The van der Waals surface area contributed by atoms with Crippen LogP contribution in [0.2, 0.25) is 0 Å². The maximum Gasteiger partial charge on any atom is 0.254 e. The second kappa shape index (κ2) is 8.23. The molecular weight excluding hydrogens is 345 g/mol. The predicted molar refractivity (Wildman–Crippen MR) is 120 cm³/mol. The maximum atomic E-state index is 13.3. The van der Waals surface area contributed by atoms with Crippen LogP contribution < -0.4 is 16.7 Å². The van der Waals surface area contributed by atoms with Crippen LogP contribution in [0.15, 0.2) is 36.9 Å². The number of hydrogen-bond donors (Lipinski definition) is 2. The third-order valence-corrected chi connectivity index (χ3v) is 5.53. The lowest BCUT2D eigenvalue weighted by atomic mass is 9.93. The monoisotopic (exact) mass is 375 g/mol. The van der Waals surface area contributed by atoms with Crippen LogP contribution in [-0.2, 0) is 13.1 Å². The van der Waals surface area contributed by atoms with Crippen molar-refractivity contribution in [2.75, 3.05) is 5.43 Å². The van der Waals surface area contributed by atoms with Crippen molar-refractivity contribution < 1.29 is 4.79 Å². The first-order chi connectivity index (χ1) is 13.3. The molecule has 1 aliphatic rings. The van der Waals surface area contributed by atoms with Gasteiger partial charge >= 0.3 is 0 Å². The fourth-order valence-electron chi connectivity index (χ4n) is 3.79. The molecule has 2 aromatic carbocycles. The minimum atomic E-state index is 0.0628. The standard InChI is InChI=1S/C23H30BN3O/c1-14(2)5-6-15(3)20-11-21(16(4)9-22(20)26-25)23(28)27-12-17-7-8-19(24)10-18(17)13-27/h7-11,14,26H,3,5-6,12-13,24-25H2,1-2,4H3. The average molecular weight is 375 g/mol. The Morgan fingerprint density at radius 1 is 1.21 bits per heavy atom. The predicted octanol–water partition coefficient (Wildman–Crippen LogP) is 3.14. The van der Waals surface area contributed by atoms with Gasteiger partial charge < -0.3 is 10.3 Å². The van der Waals surface area contributed by atoms with Gasteiger partial charge in [-0.2, -0.15) is 0 Å². The van der Waals surface area contributed by atoms with Crippen LogP contribution in [0.25, 0.3) is 5.57 Å². The summed E-state index contributed by atoms with van der Waals surface area (Å²) in [5, 5.41) is 0. The van der Waals surface area contributed by atoms with Gasteiger partial charge in [-0.1, -0.05) is 44.1 Å². The van der Waals surface area contributed by atoms with Gasteiger partial charge in [0.1, 0.15) is 7.85 Å². The minimum Gasteiger partial charge on any atom is -0.330 e. The van der Waals surface area contributed by atoms with E-state index in [1.165, 1.54) is 16.6 Å².